The van der Waals surface area contributed by atoms with Crippen LogP contribution >= 0.6 is 0 Å². The highest BCUT2D eigenvalue weighted by Gasteiger charge is 2.22. The zero-order chi connectivity index (χ0) is 33.5. The van der Waals surface area contributed by atoms with Gasteiger partial charge in [0.05, 0.1) is 22.1 Å². The number of hydrogen-bond acceptors (Lipinski definition) is 5. The lowest BCUT2D eigenvalue weighted by atomic mass is 10.0. The molecule has 0 saturated carbocycles. The van der Waals surface area contributed by atoms with E-state index in [1.54, 1.807) is 0 Å². The van der Waals surface area contributed by atoms with Crippen LogP contribution in [0.3, 0.4) is 0 Å². The average molecular weight is 655 g/mol. The molecule has 0 spiro atoms. The Kier molecular flexibility index (Phi) is 5.86. The Morgan fingerprint density at radius 3 is 1.73 bits per heavy atom. The summed E-state index contributed by atoms with van der Waals surface area (Å²) in [7, 11) is 0. The number of nitrogens with zero attached hydrogens (tertiary/aromatic N) is 4. The summed E-state index contributed by atoms with van der Waals surface area (Å²) in [5.41, 5.74) is 9.11. The summed E-state index contributed by atoms with van der Waals surface area (Å²) < 4.78 is 15.2. The molecule has 0 unspecified atom stereocenters. The van der Waals surface area contributed by atoms with Crippen LogP contribution in [-0.2, 0) is 0 Å². The zero-order valence-electron chi connectivity index (χ0n) is 27.1. The molecule has 0 radical (unpaired) electrons. The second-order valence-electron chi connectivity index (χ2n) is 12.8. The standard InChI is InChI=1S/C45H26N4O2/c1-2-12-27(13-3-1)43-46-44(28-24-25-32-31-16-6-9-21-37(31)50-40(32)26-28)48-45(47-43)33-17-10-22-38-41(33)42-36(20-11-23-39(42)51-38)49-34-18-7-4-14-29(34)30-15-5-8-19-35(30)49/h1-26H. The fourth-order valence-electron chi connectivity index (χ4n) is 7.61. The summed E-state index contributed by atoms with van der Waals surface area (Å²) in [5, 5.41) is 6.50. The van der Waals surface area contributed by atoms with Crippen LogP contribution in [0.4, 0.5) is 0 Å². The minimum Gasteiger partial charge on any atom is -0.456 e. The van der Waals surface area contributed by atoms with E-state index in [9.17, 15) is 0 Å². The van der Waals surface area contributed by atoms with Gasteiger partial charge in [-0.2, -0.15) is 0 Å². The summed E-state index contributed by atoms with van der Waals surface area (Å²) >= 11 is 0. The van der Waals surface area contributed by atoms with Crippen molar-refractivity contribution in [3.63, 3.8) is 0 Å². The lowest BCUT2D eigenvalue weighted by Crippen LogP contribution is -2.00. The fraction of sp³-hybridized carbons (Fsp3) is 0. The van der Waals surface area contributed by atoms with Gasteiger partial charge in [0.1, 0.15) is 22.3 Å². The molecule has 7 aromatic carbocycles. The molecule has 238 valence electrons. The first kappa shape index (κ1) is 27.9. The summed E-state index contributed by atoms with van der Waals surface area (Å²) in [4.78, 5) is 15.3. The van der Waals surface area contributed by atoms with Gasteiger partial charge < -0.3 is 13.4 Å². The third kappa shape index (κ3) is 4.20. The molecule has 0 aliphatic carbocycles. The van der Waals surface area contributed by atoms with E-state index in [0.717, 1.165) is 77.3 Å². The van der Waals surface area contributed by atoms with Crippen LogP contribution in [0, 0.1) is 0 Å². The van der Waals surface area contributed by atoms with Crippen molar-refractivity contribution in [2.75, 3.05) is 0 Å². The van der Waals surface area contributed by atoms with E-state index in [4.69, 9.17) is 23.8 Å². The number of hydrogen-bond donors (Lipinski definition) is 0. The number of para-hydroxylation sites is 3. The molecule has 0 aliphatic rings. The van der Waals surface area contributed by atoms with Gasteiger partial charge in [-0.15, -0.1) is 0 Å². The molecule has 0 amide bonds. The van der Waals surface area contributed by atoms with Crippen molar-refractivity contribution in [2.24, 2.45) is 0 Å². The Labute approximate surface area is 290 Å². The van der Waals surface area contributed by atoms with Crippen molar-refractivity contribution in [1.29, 1.82) is 0 Å². The average Bonchev–Trinajstić information content (AvgIpc) is 3.87. The van der Waals surface area contributed by atoms with Gasteiger partial charge in [0, 0.05) is 43.6 Å². The molecule has 11 aromatic rings. The predicted molar refractivity (Wildman–Crippen MR) is 205 cm³/mol. The molecule has 6 heteroatoms. The van der Waals surface area contributed by atoms with E-state index >= 15 is 0 Å². The van der Waals surface area contributed by atoms with Gasteiger partial charge in [0.25, 0.3) is 0 Å². The molecular weight excluding hydrogens is 629 g/mol. The smallest absolute Gasteiger partial charge is 0.164 e. The lowest BCUT2D eigenvalue weighted by molar-refractivity contribution is 0.668. The van der Waals surface area contributed by atoms with Crippen molar-refractivity contribution < 1.29 is 8.83 Å². The Bertz CT molecular complexity index is 3100. The molecule has 0 fully saturated rings. The second-order valence-corrected chi connectivity index (χ2v) is 12.8. The van der Waals surface area contributed by atoms with Gasteiger partial charge in [-0.05, 0) is 48.5 Å². The largest absolute Gasteiger partial charge is 0.456 e. The molecule has 4 heterocycles. The Morgan fingerprint density at radius 1 is 0.373 bits per heavy atom. The number of aromatic nitrogens is 4. The maximum absolute atomic E-state index is 6.59. The monoisotopic (exact) mass is 654 g/mol. The van der Waals surface area contributed by atoms with Crippen molar-refractivity contribution in [1.82, 2.24) is 19.5 Å². The van der Waals surface area contributed by atoms with E-state index in [0.29, 0.717) is 17.5 Å². The minimum absolute atomic E-state index is 0.564. The first-order valence-electron chi connectivity index (χ1n) is 16.9. The normalized spacial score (nSPS) is 11.9. The highest BCUT2D eigenvalue weighted by atomic mass is 16.3. The Balaban J connectivity index is 1.19. The van der Waals surface area contributed by atoms with Crippen LogP contribution in [-0.4, -0.2) is 19.5 Å². The van der Waals surface area contributed by atoms with Gasteiger partial charge in [0.15, 0.2) is 17.5 Å². The maximum atomic E-state index is 6.59. The van der Waals surface area contributed by atoms with E-state index < -0.39 is 0 Å². The third-order valence-electron chi connectivity index (χ3n) is 9.87. The molecule has 0 aliphatic heterocycles. The van der Waals surface area contributed by atoms with Gasteiger partial charge >= 0.3 is 0 Å². The van der Waals surface area contributed by atoms with Crippen molar-refractivity contribution in [3.05, 3.63) is 158 Å². The van der Waals surface area contributed by atoms with Crippen LogP contribution in [0.5, 0.6) is 0 Å². The number of furan rings is 2. The topological polar surface area (TPSA) is 69.9 Å². The van der Waals surface area contributed by atoms with Crippen LogP contribution in [0.2, 0.25) is 0 Å². The van der Waals surface area contributed by atoms with Crippen molar-refractivity contribution in [3.8, 4) is 39.9 Å². The molecule has 4 aromatic heterocycles. The van der Waals surface area contributed by atoms with Gasteiger partial charge in [0.2, 0.25) is 0 Å². The molecule has 0 bridgehead atoms. The van der Waals surface area contributed by atoms with E-state index in [2.05, 4.69) is 89.5 Å². The van der Waals surface area contributed by atoms with E-state index in [1.165, 1.54) is 10.8 Å². The highest BCUT2D eigenvalue weighted by molar-refractivity contribution is 6.17. The Morgan fingerprint density at radius 2 is 0.941 bits per heavy atom. The van der Waals surface area contributed by atoms with Gasteiger partial charge in [-0.1, -0.05) is 109 Å². The molecule has 11 rings (SSSR count). The van der Waals surface area contributed by atoms with Gasteiger partial charge in [-0.25, -0.2) is 15.0 Å². The molecule has 0 atom stereocenters. The van der Waals surface area contributed by atoms with Gasteiger partial charge in [-0.3, -0.25) is 0 Å². The maximum Gasteiger partial charge on any atom is 0.164 e. The first-order valence-corrected chi connectivity index (χ1v) is 16.9. The molecule has 0 saturated heterocycles. The van der Waals surface area contributed by atoms with Crippen molar-refractivity contribution in [2.45, 2.75) is 0 Å². The highest BCUT2D eigenvalue weighted by Crippen LogP contribution is 2.42. The zero-order valence-corrected chi connectivity index (χ0v) is 27.1. The minimum atomic E-state index is 0.564. The van der Waals surface area contributed by atoms with Crippen LogP contribution in [0.1, 0.15) is 0 Å². The number of benzene rings is 7. The molecular formula is C45H26N4O2. The molecule has 51 heavy (non-hydrogen) atoms. The predicted octanol–water partition coefficient (Wildman–Crippen LogP) is 11.8. The summed E-state index contributed by atoms with van der Waals surface area (Å²) in [5.74, 6) is 1.72. The SMILES string of the molecule is c1ccc(-c2nc(-c3ccc4c(c3)oc3ccccc34)nc(-c3cccc4oc5cccc(-n6c7ccccc7c7ccccc76)c5c34)n2)cc1. The molecule has 0 N–H and O–H groups in total. The first-order chi connectivity index (χ1) is 25.3. The van der Waals surface area contributed by atoms with Crippen LogP contribution in [0.25, 0.3) is 106 Å². The van der Waals surface area contributed by atoms with E-state index in [-0.39, 0.29) is 0 Å². The third-order valence-corrected chi connectivity index (χ3v) is 9.87. The second kappa shape index (κ2) is 10.7. The summed E-state index contributed by atoms with van der Waals surface area (Å²) in [6, 6.07) is 53.8. The van der Waals surface area contributed by atoms with Crippen LogP contribution < -0.4 is 0 Å². The number of fused-ring (bicyclic) bond motifs is 9. The quantitative estimate of drug-likeness (QED) is 0.189. The summed E-state index contributed by atoms with van der Waals surface area (Å²) in [6.07, 6.45) is 0. The summed E-state index contributed by atoms with van der Waals surface area (Å²) in [6.45, 7) is 0. The Hall–Kier alpha value is -7.05. The van der Waals surface area contributed by atoms with Crippen LogP contribution in [0.15, 0.2) is 167 Å². The lowest BCUT2D eigenvalue weighted by Gasteiger charge is -2.11. The van der Waals surface area contributed by atoms with Crippen molar-refractivity contribution >= 4 is 65.7 Å². The fourth-order valence-corrected chi connectivity index (χ4v) is 7.61. The van der Waals surface area contributed by atoms with E-state index in [1.807, 2.05) is 72.8 Å². The number of rotatable bonds is 4. The molecule has 6 nitrogen and oxygen atoms in total.